The van der Waals surface area contributed by atoms with Crippen LogP contribution in [-0.4, -0.2) is 41.7 Å². The summed E-state index contributed by atoms with van der Waals surface area (Å²) in [7, 11) is 1.19. The molecule has 2 rings (SSSR count). The fourth-order valence-corrected chi connectivity index (χ4v) is 1.99. The lowest BCUT2D eigenvalue weighted by Crippen LogP contribution is -2.38. The van der Waals surface area contributed by atoms with Crippen molar-refractivity contribution in [3.05, 3.63) is 35.4 Å². The summed E-state index contributed by atoms with van der Waals surface area (Å²) >= 11 is 5.76. The summed E-state index contributed by atoms with van der Waals surface area (Å²) in [6.07, 6.45) is 0. The second-order valence-corrected chi connectivity index (χ2v) is 4.28. The van der Waals surface area contributed by atoms with Crippen molar-refractivity contribution in [1.29, 1.82) is 0 Å². The molecule has 0 fully saturated rings. The van der Waals surface area contributed by atoms with Crippen molar-refractivity contribution in [2.24, 2.45) is 0 Å². The number of alkyl halides is 1. The SMILES string of the molecule is COC(=O)C(Cl)CN1C(=O)c2ccccc2C1=O. The standard InChI is InChI=1S/C12H10ClNO4/c1-18-12(17)9(13)6-14-10(15)7-4-2-3-5-8(7)11(14)16/h2-5,9H,6H2,1H3. The summed E-state index contributed by atoms with van der Waals surface area (Å²) in [5.41, 5.74) is 0.660. The maximum absolute atomic E-state index is 11.9. The van der Waals surface area contributed by atoms with E-state index in [2.05, 4.69) is 4.74 Å². The Hall–Kier alpha value is -1.88. The first kappa shape index (κ1) is 12.6. The van der Waals surface area contributed by atoms with Gasteiger partial charge in [0.1, 0.15) is 5.38 Å². The number of ether oxygens (including phenoxy) is 1. The number of amides is 2. The van der Waals surface area contributed by atoms with E-state index in [0.717, 1.165) is 4.90 Å². The first-order chi connectivity index (χ1) is 8.56. The minimum Gasteiger partial charge on any atom is -0.468 e. The van der Waals surface area contributed by atoms with E-state index in [1.165, 1.54) is 7.11 Å². The van der Waals surface area contributed by atoms with Crippen LogP contribution >= 0.6 is 11.6 Å². The smallest absolute Gasteiger partial charge is 0.325 e. The number of methoxy groups -OCH3 is 1. The van der Waals surface area contributed by atoms with Crippen molar-refractivity contribution >= 4 is 29.4 Å². The number of hydrogen-bond acceptors (Lipinski definition) is 4. The summed E-state index contributed by atoms with van der Waals surface area (Å²) in [5.74, 6) is -1.55. The summed E-state index contributed by atoms with van der Waals surface area (Å²) in [6, 6.07) is 6.48. The van der Waals surface area contributed by atoms with Gasteiger partial charge >= 0.3 is 5.97 Å². The van der Waals surface area contributed by atoms with Crippen LogP contribution in [0.5, 0.6) is 0 Å². The molecule has 1 aliphatic rings. The molecule has 1 aromatic rings. The van der Waals surface area contributed by atoms with Crippen LogP contribution < -0.4 is 0 Å². The van der Waals surface area contributed by atoms with Crippen LogP contribution in [0, 0.1) is 0 Å². The molecule has 5 nitrogen and oxygen atoms in total. The zero-order valence-corrected chi connectivity index (χ0v) is 10.3. The lowest BCUT2D eigenvalue weighted by atomic mass is 10.1. The summed E-state index contributed by atoms with van der Waals surface area (Å²) in [5, 5.41) is -1.06. The van der Waals surface area contributed by atoms with Crippen LogP contribution in [-0.2, 0) is 9.53 Å². The highest BCUT2D eigenvalue weighted by atomic mass is 35.5. The molecule has 1 unspecified atom stereocenters. The number of carbonyl (C=O) groups excluding carboxylic acids is 3. The molecule has 2 amide bonds. The number of benzene rings is 1. The fourth-order valence-electron chi connectivity index (χ4n) is 1.77. The van der Waals surface area contributed by atoms with Gasteiger partial charge in [-0.2, -0.15) is 0 Å². The van der Waals surface area contributed by atoms with Crippen LogP contribution in [0.15, 0.2) is 24.3 Å². The van der Waals surface area contributed by atoms with E-state index < -0.39 is 23.2 Å². The van der Waals surface area contributed by atoms with Gasteiger partial charge in [0.05, 0.1) is 24.8 Å². The van der Waals surface area contributed by atoms with Crippen LogP contribution in [0.3, 0.4) is 0 Å². The number of fused-ring (bicyclic) bond motifs is 1. The van der Waals surface area contributed by atoms with Gasteiger partial charge in [-0.05, 0) is 12.1 Å². The Labute approximate surface area is 108 Å². The Morgan fingerprint density at radius 1 is 1.28 bits per heavy atom. The van der Waals surface area contributed by atoms with Gasteiger partial charge in [-0.25, -0.2) is 0 Å². The Morgan fingerprint density at radius 3 is 2.22 bits per heavy atom. The van der Waals surface area contributed by atoms with E-state index in [1.54, 1.807) is 24.3 Å². The van der Waals surface area contributed by atoms with Crippen LogP contribution in [0.1, 0.15) is 20.7 Å². The van der Waals surface area contributed by atoms with Crippen LogP contribution in [0.25, 0.3) is 0 Å². The molecular formula is C12H10ClNO4. The second kappa shape index (κ2) is 4.78. The highest BCUT2D eigenvalue weighted by molar-refractivity contribution is 6.31. The Kier molecular flexibility index (Phi) is 3.34. The predicted molar refractivity (Wildman–Crippen MR) is 63.5 cm³/mol. The van der Waals surface area contributed by atoms with Gasteiger partial charge in [0.25, 0.3) is 11.8 Å². The minimum atomic E-state index is -1.06. The summed E-state index contributed by atoms with van der Waals surface area (Å²) < 4.78 is 4.45. The normalized spacial score (nSPS) is 15.6. The van der Waals surface area contributed by atoms with Crippen molar-refractivity contribution in [2.45, 2.75) is 5.38 Å². The van der Waals surface area contributed by atoms with E-state index in [1.807, 2.05) is 0 Å². The van der Waals surface area contributed by atoms with Gasteiger partial charge in [0.2, 0.25) is 0 Å². The average Bonchev–Trinajstić information content (AvgIpc) is 2.63. The largest absolute Gasteiger partial charge is 0.468 e. The summed E-state index contributed by atoms with van der Waals surface area (Å²) in [6.45, 7) is -0.194. The molecule has 94 valence electrons. The van der Waals surface area contributed by atoms with Crippen molar-refractivity contribution in [2.75, 3.05) is 13.7 Å². The molecule has 1 atom stereocenters. The molecule has 0 spiro atoms. The first-order valence-electron chi connectivity index (χ1n) is 5.23. The molecule has 0 saturated heterocycles. The number of imide groups is 1. The molecule has 0 aromatic heterocycles. The van der Waals surface area contributed by atoms with Gasteiger partial charge in [-0.15, -0.1) is 11.6 Å². The van der Waals surface area contributed by atoms with Gasteiger partial charge < -0.3 is 4.74 Å². The van der Waals surface area contributed by atoms with Crippen molar-refractivity contribution in [3.8, 4) is 0 Å². The Bertz CT molecular complexity index is 494. The van der Waals surface area contributed by atoms with Crippen molar-refractivity contribution in [3.63, 3.8) is 0 Å². The quantitative estimate of drug-likeness (QED) is 0.467. The van der Waals surface area contributed by atoms with E-state index in [0.29, 0.717) is 11.1 Å². The molecule has 0 N–H and O–H groups in total. The monoisotopic (exact) mass is 267 g/mol. The number of esters is 1. The lowest BCUT2D eigenvalue weighted by Gasteiger charge is -2.16. The topological polar surface area (TPSA) is 63.7 Å². The molecule has 0 saturated carbocycles. The molecule has 1 heterocycles. The molecule has 1 aromatic carbocycles. The highest BCUT2D eigenvalue weighted by Gasteiger charge is 2.37. The Balaban J connectivity index is 2.21. The van der Waals surface area contributed by atoms with Gasteiger partial charge in [0.15, 0.2) is 0 Å². The third kappa shape index (κ3) is 1.97. The maximum atomic E-state index is 11.9. The van der Waals surface area contributed by atoms with E-state index in [9.17, 15) is 14.4 Å². The van der Waals surface area contributed by atoms with Crippen LogP contribution in [0.2, 0.25) is 0 Å². The van der Waals surface area contributed by atoms with Gasteiger partial charge in [0, 0.05) is 0 Å². The van der Waals surface area contributed by atoms with E-state index in [-0.39, 0.29) is 6.54 Å². The number of nitrogens with zero attached hydrogens (tertiary/aromatic N) is 1. The number of hydrogen-bond donors (Lipinski definition) is 0. The third-order valence-electron chi connectivity index (χ3n) is 2.68. The molecule has 0 bridgehead atoms. The average molecular weight is 268 g/mol. The zero-order chi connectivity index (χ0) is 13.3. The number of halogens is 1. The zero-order valence-electron chi connectivity index (χ0n) is 9.55. The molecule has 0 aliphatic carbocycles. The van der Waals surface area contributed by atoms with E-state index in [4.69, 9.17) is 11.6 Å². The van der Waals surface area contributed by atoms with Crippen LogP contribution in [0.4, 0.5) is 0 Å². The molecule has 6 heteroatoms. The second-order valence-electron chi connectivity index (χ2n) is 3.76. The van der Waals surface area contributed by atoms with Gasteiger partial charge in [-0.3, -0.25) is 19.3 Å². The van der Waals surface area contributed by atoms with Gasteiger partial charge in [-0.1, -0.05) is 12.1 Å². The highest BCUT2D eigenvalue weighted by Crippen LogP contribution is 2.23. The molecule has 18 heavy (non-hydrogen) atoms. The number of rotatable bonds is 3. The molecule has 0 radical (unpaired) electrons. The Morgan fingerprint density at radius 2 is 1.78 bits per heavy atom. The predicted octanol–water partition coefficient (Wildman–Crippen LogP) is 1.06. The number of carbonyl (C=O) groups is 3. The van der Waals surface area contributed by atoms with E-state index >= 15 is 0 Å². The minimum absolute atomic E-state index is 0.194. The fraction of sp³-hybridized carbons (Fsp3) is 0.250. The first-order valence-corrected chi connectivity index (χ1v) is 5.67. The molecule has 1 aliphatic heterocycles. The molecular weight excluding hydrogens is 258 g/mol. The van der Waals surface area contributed by atoms with Crippen molar-refractivity contribution in [1.82, 2.24) is 4.90 Å². The third-order valence-corrected chi connectivity index (χ3v) is 2.99. The summed E-state index contributed by atoms with van der Waals surface area (Å²) in [4.78, 5) is 36.0. The lowest BCUT2D eigenvalue weighted by molar-refractivity contribution is -0.140. The van der Waals surface area contributed by atoms with Crippen molar-refractivity contribution < 1.29 is 19.1 Å². The maximum Gasteiger partial charge on any atom is 0.325 e.